The van der Waals surface area contributed by atoms with Crippen molar-refractivity contribution in [3.63, 3.8) is 0 Å². The van der Waals surface area contributed by atoms with Crippen LogP contribution < -0.4 is 11.0 Å². The van der Waals surface area contributed by atoms with Crippen LogP contribution in [0.15, 0.2) is 41.3 Å². The number of aromatic nitrogens is 2. The Morgan fingerprint density at radius 1 is 1.32 bits per heavy atom. The number of hydrogen-bond donors (Lipinski definition) is 3. The van der Waals surface area contributed by atoms with E-state index in [1.165, 1.54) is 6.92 Å². The summed E-state index contributed by atoms with van der Waals surface area (Å²) in [5.74, 6) is -1.63. The molecule has 1 amide bonds. The third-order valence-electron chi connectivity index (χ3n) is 4.35. The van der Waals surface area contributed by atoms with Gasteiger partial charge in [-0.15, -0.1) is 0 Å². The van der Waals surface area contributed by atoms with E-state index in [2.05, 4.69) is 10.3 Å². The minimum Gasteiger partial charge on any atom is -0.449 e. The topological polar surface area (TPSA) is 123 Å². The van der Waals surface area contributed by atoms with Crippen LogP contribution in [0.4, 0.5) is 15.0 Å². The van der Waals surface area contributed by atoms with E-state index in [-0.39, 0.29) is 6.61 Å². The second-order valence-corrected chi connectivity index (χ2v) is 6.34. The number of amides is 1. The predicted molar refractivity (Wildman–Crippen MR) is 95.2 cm³/mol. The van der Waals surface area contributed by atoms with Crippen LogP contribution in [0.2, 0.25) is 0 Å². The molecule has 1 aromatic carbocycles. The van der Waals surface area contributed by atoms with Crippen molar-refractivity contribution < 1.29 is 28.9 Å². The second kappa shape index (κ2) is 8.46. The summed E-state index contributed by atoms with van der Waals surface area (Å²) in [5.41, 5.74) is 0.0000700. The molecule has 0 unspecified atom stereocenters. The molecule has 0 aliphatic carbocycles. The van der Waals surface area contributed by atoms with Crippen LogP contribution in [0.5, 0.6) is 0 Å². The maximum absolute atomic E-state index is 14.3. The van der Waals surface area contributed by atoms with Crippen LogP contribution in [0.3, 0.4) is 0 Å². The number of anilines is 1. The Bertz CT molecular complexity index is 891. The Morgan fingerprint density at radius 3 is 2.68 bits per heavy atom. The van der Waals surface area contributed by atoms with Crippen molar-refractivity contribution in [2.45, 2.75) is 37.9 Å². The third-order valence-corrected chi connectivity index (χ3v) is 4.35. The normalized spacial score (nSPS) is 24.1. The number of benzene rings is 1. The average Bonchev–Trinajstić information content (AvgIpc) is 2.92. The Hall–Kier alpha value is -2.82. The highest BCUT2D eigenvalue weighted by atomic mass is 19.1. The highest BCUT2D eigenvalue weighted by molar-refractivity contribution is 5.83. The molecule has 10 heteroatoms. The number of nitrogens with one attached hydrogen (secondary N) is 1. The second-order valence-electron chi connectivity index (χ2n) is 6.34. The Kier molecular flexibility index (Phi) is 6.02. The first-order valence-electron chi connectivity index (χ1n) is 8.65. The van der Waals surface area contributed by atoms with E-state index in [1.54, 1.807) is 0 Å². The molecule has 3 rings (SSSR count). The molecule has 1 aromatic heterocycles. The van der Waals surface area contributed by atoms with Gasteiger partial charge in [-0.05, 0) is 12.5 Å². The first-order chi connectivity index (χ1) is 13.4. The molecule has 28 heavy (non-hydrogen) atoms. The van der Waals surface area contributed by atoms with Gasteiger partial charge in [0.2, 0.25) is 0 Å². The molecule has 1 aliphatic rings. The lowest BCUT2D eigenvalue weighted by Crippen LogP contribution is -2.36. The van der Waals surface area contributed by atoms with Gasteiger partial charge in [-0.1, -0.05) is 30.3 Å². The van der Waals surface area contributed by atoms with Crippen LogP contribution in [-0.4, -0.2) is 50.8 Å². The Balaban J connectivity index is 1.63. The number of hydrogen-bond acceptors (Lipinski definition) is 7. The molecule has 0 radical (unpaired) electrons. The van der Waals surface area contributed by atoms with Crippen molar-refractivity contribution in [1.82, 2.24) is 9.55 Å². The van der Waals surface area contributed by atoms with Gasteiger partial charge in [0.1, 0.15) is 12.2 Å². The van der Waals surface area contributed by atoms with Crippen molar-refractivity contribution in [3.8, 4) is 0 Å². The molecule has 1 fully saturated rings. The summed E-state index contributed by atoms with van der Waals surface area (Å²) < 4.78 is 25.2. The molecular weight excluding hydrogens is 373 g/mol. The number of nitrogens with zero attached hydrogens (tertiary/aromatic N) is 2. The van der Waals surface area contributed by atoms with E-state index in [0.717, 1.165) is 16.3 Å². The maximum Gasteiger partial charge on any atom is 0.412 e. The molecule has 2 aromatic rings. The summed E-state index contributed by atoms with van der Waals surface area (Å²) >= 11 is 0. The number of carbonyl (C=O) groups is 1. The molecule has 1 saturated heterocycles. The summed E-state index contributed by atoms with van der Waals surface area (Å²) in [5, 5.41) is 21.7. The largest absolute Gasteiger partial charge is 0.449 e. The van der Waals surface area contributed by atoms with Crippen molar-refractivity contribution in [2.75, 3.05) is 11.9 Å². The zero-order valence-corrected chi connectivity index (χ0v) is 15.0. The van der Waals surface area contributed by atoms with Gasteiger partial charge in [0.05, 0.1) is 18.9 Å². The van der Waals surface area contributed by atoms with Gasteiger partial charge < -0.3 is 19.7 Å². The standard InChI is InChI=1S/C18H20FN3O6/c1-10-13(23)14(24)16(28-10)22-9-12(19)15(20-17(22)25)21-18(26)27-8-7-11-5-3-2-4-6-11/h2-6,9-10,13-14,16,23-24H,7-8H2,1H3,(H,20,21,25,26)/t10-,13-,14-,16-/m1/s1. The van der Waals surface area contributed by atoms with E-state index in [1.807, 2.05) is 30.3 Å². The van der Waals surface area contributed by atoms with Crippen LogP contribution >= 0.6 is 0 Å². The number of carbonyl (C=O) groups excluding carboxylic acids is 1. The summed E-state index contributed by atoms with van der Waals surface area (Å²) in [6.45, 7) is 1.57. The molecular formula is C18H20FN3O6. The molecule has 0 saturated carbocycles. The zero-order valence-electron chi connectivity index (χ0n) is 15.0. The number of ether oxygens (including phenoxy) is 2. The van der Waals surface area contributed by atoms with E-state index in [4.69, 9.17) is 9.47 Å². The van der Waals surface area contributed by atoms with E-state index in [9.17, 15) is 24.2 Å². The van der Waals surface area contributed by atoms with Gasteiger partial charge in [-0.25, -0.2) is 14.0 Å². The molecule has 4 atom stereocenters. The van der Waals surface area contributed by atoms with Gasteiger partial charge in [-0.3, -0.25) is 9.88 Å². The fourth-order valence-corrected chi connectivity index (χ4v) is 2.81. The van der Waals surface area contributed by atoms with Crippen LogP contribution in [-0.2, 0) is 15.9 Å². The SMILES string of the molecule is C[C@H]1O[C@@H](n2cc(F)c(NC(=O)OCCc3ccccc3)nc2=O)[C@H](O)[C@@H]1O. The van der Waals surface area contributed by atoms with Crippen molar-refractivity contribution in [1.29, 1.82) is 0 Å². The van der Waals surface area contributed by atoms with E-state index >= 15 is 0 Å². The molecule has 3 N–H and O–H groups in total. The average molecular weight is 393 g/mol. The Labute approximate surface area is 159 Å². The quantitative estimate of drug-likeness (QED) is 0.687. The van der Waals surface area contributed by atoms with Gasteiger partial charge in [-0.2, -0.15) is 4.98 Å². The predicted octanol–water partition coefficient (Wildman–Crippen LogP) is 0.813. The van der Waals surface area contributed by atoms with Gasteiger partial charge in [0, 0.05) is 6.42 Å². The molecule has 2 heterocycles. The highest BCUT2D eigenvalue weighted by Gasteiger charge is 2.42. The zero-order chi connectivity index (χ0) is 20.3. The fourth-order valence-electron chi connectivity index (χ4n) is 2.81. The minimum absolute atomic E-state index is 0.0619. The van der Waals surface area contributed by atoms with Crippen molar-refractivity contribution in [2.24, 2.45) is 0 Å². The minimum atomic E-state index is -1.42. The van der Waals surface area contributed by atoms with E-state index in [0.29, 0.717) is 6.42 Å². The fraction of sp³-hybridized carbons (Fsp3) is 0.389. The third kappa shape index (κ3) is 4.35. The Morgan fingerprint density at radius 2 is 2.04 bits per heavy atom. The number of aliphatic hydroxyl groups is 2. The first kappa shape index (κ1) is 19.9. The van der Waals surface area contributed by atoms with Gasteiger partial charge in [0.25, 0.3) is 0 Å². The molecule has 150 valence electrons. The number of aliphatic hydroxyl groups excluding tert-OH is 2. The monoisotopic (exact) mass is 393 g/mol. The van der Waals surface area contributed by atoms with Gasteiger partial charge in [0.15, 0.2) is 17.9 Å². The number of halogens is 1. The van der Waals surface area contributed by atoms with Crippen molar-refractivity contribution >= 4 is 11.9 Å². The first-order valence-corrected chi connectivity index (χ1v) is 8.65. The van der Waals surface area contributed by atoms with E-state index < -0.39 is 48.0 Å². The van der Waals surface area contributed by atoms with Crippen LogP contribution in [0.1, 0.15) is 18.7 Å². The lowest BCUT2D eigenvalue weighted by molar-refractivity contribution is -0.0355. The van der Waals surface area contributed by atoms with Crippen LogP contribution in [0.25, 0.3) is 0 Å². The summed E-state index contributed by atoms with van der Waals surface area (Å²) in [6, 6.07) is 9.33. The number of rotatable bonds is 5. The van der Waals surface area contributed by atoms with Gasteiger partial charge >= 0.3 is 11.8 Å². The lowest BCUT2D eigenvalue weighted by atomic mass is 10.1. The molecule has 0 bridgehead atoms. The highest BCUT2D eigenvalue weighted by Crippen LogP contribution is 2.28. The summed E-state index contributed by atoms with van der Waals surface area (Å²) in [4.78, 5) is 27.4. The molecule has 0 spiro atoms. The summed E-state index contributed by atoms with van der Waals surface area (Å²) in [6.07, 6.45) is -4.41. The molecule has 1 aliphatic heterocycles. The smallest absolute Gasteiger partial charge is 0.412 e. The van der Waals surface area contributed by atoms with Crippen LogP contribution in [0, 0.1) is 5.82 Å². The molecule has 9 nitrogen and oxygen atoms in total. The maximum atomic E-state index is 14.3. The summed E-state index contributed by atoms with van der Waals surface area (Å²) in [7, 11) is 0. The lowest BCUT2D eigenvalue weighted by Gasteiger charge is -2.17. The van der Waals surface area contributed by atoms with Crippen molar-refractivity contribution in [3.05, 3.63) is 58.4 Å².